The number of alkyl halides is 6. The molecule has 276 valence electrons. The van der Waals surface area contributed by atoms with Crippen molar-refractivity contribution in [1.82, 2.24) is 25.1 Å². The van der Waals surface area contributed by atoms with Gasteiger partial charge in [0.15, 0.2) is 17.6 Å². The molecule has 0 radical (unpaired) electrons. The molecule has 3 heterocycles. The van der Waals surface area contributed by atoms with E-state index in [4.69, 9.17) is 29.5 Å². The molecular formula is C31H33F6N7O6S. The van der Waals surface area contributed by atoms with Crippen LogP contribution in [0.15, 0.2) is 60.1 Å². The van der Waals surface area contributed by atoms with Crippen molar-refractivity contribution in [2.45, 2.75) is 31.6 Å². The summed E-state index contributed by atoms with van der Waals surface area (Å²) in [6, 6.07) is 16.2. The first kappa shape index (κ1) is 40.2. The normalized spacial score (nSPS) is 12.7. The van der Waals surface area contributed by atoms with Gasteiger partial charge in [-0.05, 0) is 25.0 Å². The number of hydrogen-bond acceptors (Lipinski definition) is 9. The number of carboxylic acid groups (broad SMARTS) is 2. The van der Waals surface area contributed by atoms with Crippen LogP contribution in [0, 0.1) is 0 Å². The number of aryl methyl sites for hydroxylation is 2. The Morgan fingerprint density at radius 3 is 2.25 bits per heavy atom. The van der Waals surface area contributed by atoms with Crippen molar-refractivity contribution in [1.29, 1.82) is 0 Å². The van der Waals surface area contributed by atoms with Crippen molar-refractivity contribution in [2.24, 2.45) is 7.05 Å². The molecule has 1 aliphatic rings. The summed E-state index contributed by atoms with van der Waals surface area (Å²) in [5, 5.41) is 28.1. The second-order valence-electron chi connectivity index (χ2n) is 10.6. The topological polar surface area (TPSA) is 184 Å². The van der Waals surface area contributed by atoms with Crippen molar-refractivity contribution < 1.29 is 66.1 Å². The number of hydrogen-bond donors (Lipinski definition) is 2. The van der Waals surface area contributed by atoms with Crippen molar-refractivity contribution in [3.05, 3.63) is 65.8 Å². The van der Waals surface area contributed by atoms with Crippen LogP contribution in [0.25, 0.3) is 27.5 Å². The molecule has 1 aliphatic heterocycles. The zero-order valence-electron chi connectivity index (χ0n) is 27.0. The maximum Gasteiger partial charge on any atom is 0.430 e. The highest BCUT2D eigenvalue weighted by Crippen LogP contribution is 2.35. The van der Waals surface area contributed by atoms with Gasteiger partial charge in [0.2, 0.25) is 0 Å². The molecule has 1 saturated heterocycles. The highest BCUT2D eigenvalue weighted by atomic mass is 32.1. The molecule has 20 heteroatoms. The van der Waals surface area contributed by atoms with Crippen LogP contribution in [-0.4, -0.2) is 82.9 Å². The van der Waals surface area contributed by atoms with Gasteiger partial charge in [-0.2, -0.15) is 26.3 Å². The molecule has 2 amide bonds. The third-order valence-electron chi connectivity index (χ3n) is 6.91. The number of aliphatic carboxylic acids is 2. The molecule has 4 aromatic rings. The number of ether oxygens (including phenoxy) is 1. The number of rotatable bonds is 11. The van der Waals surface area contributed by atoms with Gasteiger partial charge in [-0.15, -0.1) is 20.7 Å². The molecule has 51 heavy (non-hydrogen) atoms. The van der Waals surface area contributed by atoms with Gasteiger partial charge in [0.05, 0.1) is 29.6 Å². The average Bonchev–Trinajstić information content (AvgIpc) is 3.82. The SMILES string of the molecule is Cn1n[n+](-c2ccc(-c3nc(-c4ccccc4)cs3)c(OCCN3CCNC3=O)c2)cc1CCCC[NH3+].O=C([O-])C(F)(F)F.O=C([O-])C(F)(F)F. The summed E-state index contributed by atoms with van der Waals surface area (Å²) in [7, 11) is 1.98. The maximum absolute atomic E-state index is 11.9. The Labute approximate surface area is 290 Å². The van der Waals surface area contributed by atoms with E-state index in [9.17, 15) is 31.1 Å². The van der Waals surface area contributed by atoms with E-state index in [2.05, 4.69) is 40.0 Å². The molecule has 2 aromatic carbocycles. The highest BCUT2D eigenvalue weighted by Gasteiger charge is 2.29. The Hall–Kier alpha value is -5.24. The Kier molecular flexibility index (Phi) is 14.3. The lowest BCUT2D eigenvalue weighted by molar-refractivity contribution is -0.661. The number of carboxylic acids is 2. The summed E-state index contributed by atoms with van der Waals surface area (Å²) in [4.78, 5) is 36.2. The summed E-state index contributed by atoms with van der Waals surface area (Å²) in [6.07, 6.45) is -5.15. The van der Waals surface area contributed by atoms with E-state index in [1.54, 1.807) is 16.2 Å². The minimum Gasteiger partial charge on any atom is -0.542 e. The standard InChI is InChI=1S/C27H31N7O2S.2C2HF3O2/c1-32-22(9-5-6-12-28)18-34(31-32)21-10-11-23(25(17-21)36-16-15-33-14-13-29-27(33)35)26-30-24(19-37-26)20-7-3-2-4-8-20;2*3-2(4,5)1(6)7/h2-4,7-8,10-11,17-19H,5-6,9,12-16,28H2,1H3;2*(H,6,7). The molecule has 0 saturated carbocycles. The molecular weight excluding hydrogens is 712 g/mol. The quantitative estimate of drug-likeness (QED) is 0.130. The summed E-state index contributed by atoms with van der Waals surface area (Å²) in [5.74, 6) is -5.29. The van der Waals surface area contributed by atoms with Crippen LogP contribution in [0.1, 0.15) is 18.5 Å². The Morgan fingerprint density at radius 2 is 1.69 bits per heavy atom. The van der Waals surface area contributed by atoms with Gasteiger partial charge < -0.3 is 40.5 Å². The van der Waals surface area contributed by atoms with Gasteiger partial charge in [-0.3, -0.25) is 0 Å². The maximum atomic E-state index is 11.9. The van der Waals surface area contributed by atoms with Crippen LogP contribution >= 0.6 is 11.3 Å². The van der Waals surface area contributed by atoms with Crippen molar-refractivity contribution >= 4 is 29.3 Å². The number of nitrogens with zero attached hydrogens (tertiary/aromatic N) is 5. The lowest BCUT2D eigenvalue weighted by Gasteiger charge is -2.16. The molecule has 0 bridgehead atoms. The number of thiazole rings is 1. The number of halogens is 6. The molecule has 1 fully saturated rings. The smallest absolute Gasteiger partial charge is 0.430 e. The van der Waals surface area contributed by atoms with E-state index in [1.807, 2.05) is 52.8 Å². The van der Waals surface area contributed by atoms with Crippen molar-refractivity contribution in [3.8, 4) is 33.3 Å². The molecule has 0 atom stereocenters. The highest BCUT2D eigenvalue weighted by molar-refractivity contribution is 7.13. The number of nitrogens with one attached hydrogen (secondary N) is 1. The van der Waals surface area contributed by atoms with E-state index >= 15 is 0 Å². The molecule has 4 N–H and O–H groups in total. The zero-order valence-corrected chi connectivity index (χ0v) is 27.8. The first-order valence-electron chi connectivity index (χ1n) is 15.1. The molecule has 0 unspecified atom stereocenters. The van der Waals surface area contributed by atoms with Crippen LogP contribution < -0.4 is 30.7 Å². The van der Waals surface area contributed by atoms with E-state index in [-0.39, 0.29) is 6.03 Å². The second kappa shape index (κ2) is 18.1. The number of carbonyl (C=O) groups is 3. The summed E-state index contributed by atoms with van der Waals surface area (Å²) >= 11 is 1.59. The van der Waals surface area contributed by atoms with Gasteiger partial charge >= 0.3 is 18.4 Å². The summed E-state index contributed by atoms with van der Waals surface area (Å²) in [6.45, 7) is 3.23. The fourth-order valence-electron chi connectivity index (χ4n) is 4.37. The zero-order chi connectivity index (χ0) is 37.8. The third-order valence-corrected chi connectivity index (χ3v) is 7.79. The number of urea groups is 1. The number of quaternary nitrogens is 1. The van der Waals surface area contributed by atoms with Gasteiger partial charge in [0.25, 0.3) is 0 Å². The van der Waals surface area contributed by atoms with Crippen LogP contribution in [0.4, 0.5) is 31.1 Å². The summed E-state index contributed by atoms with van der Waals surface area (Å²) < 4.78 is 73.2. The second-order valence-corrected chi connectivity index (χ2v) is 11.5. The first-order valence-corrected chi connectivity index (χ1v) is 16.0. The Balaban J connectivity index is 0.000000424. The number of amides is 2. The third kappa shape index (κ3) is 12.2. The van der Waals surface area contributed by atoms with E-state index < -0.39 is 24.3 Å². The van der Waals surface area contributed by atoms with Gasteiger partial charge in [0, 0.05) is 36.5 Å². The molecule has 13 nitrogen and oxygen atoms in total. The largest absolute Gasteiger partial charge is 0.542 e. The van der Waals surface area contributed by atoms with E-state index in [1.165, 1.54) is 5.69 Å². The van der Waals surface area contributed by atoms with Crippen molar-refractivity contribution in [2.75, 3.05) is 32.8 Å². The lowest BCUT2D eigenvalue weighted by atomic mass is 10.1. The molecule has 5 rings (SSSR count). The molecule has 2 aromatic heterocycles. The number of carbonyl (C=O) groups excluding carboxylic acids is 3. The van der Waals surface area contributed by atoms with Gasteiger partial charge in [-0.1, -0.05) is 30.3 Å². The predicted octanol–water partition coefficient (Wildman–Crippen LogP) is 1.05. The van der Waals surface area contributed by atoms with Crippen molar-refractivity contribution in [3.63, 3.8) is 0 Å². The van der Waals surface area contributed by atoms with Gasteiger partial charge in [0.1, 0.15) is 36.4 Å². The number of benzene rings is 2. The number of aromatic nitrogens is 4. The molecule has 0 spiro atoms. The fraction of sp³-hybridized carbons (Fsp3) is 0.355. The predicted molar refractivity (Wildman–Crippen MR) is 165 cm³/mol. The minimum atomic E-state index is -5.19. The number of unbranched alkanes of at least 4 members (excludes halogenated alkanes) is 1. The van der Waals surface area contributed by atoms with Crippen LogP contribution in [0.3, 0.4) is 0 Å². The van der Waals surface area contributed by atoms with Gasteiger partial charge in [-0.25, -0.2) is 9.78 Å². The lowest BCUT2D eigenvalue weighted by Crippen LogP contribution is -2.50. The first-order chi connectivity index (χ1) is 24.0. The summed E-state index contributed by atoms with van der Waals surface area (Å²) in [5.41, 5.74) is 8.97. The molecule has 0 aliphatic carbocycles. The fourth-order valence-corrected chi connectivity index (χ4v) is 5.23. The van der Waals surface area contributed by atoms with Crippen LogP contribution in [0.2, 0.25) is 0 Å². The van der Waals surface area contributed by atoms with E-state index in [0.717, 1.165) is 59.1 Å². The minimum absolute atomic E-state index is 0.0413. The Morgan fingerprint density at radius 1 is 1.04 bits per heavy atom. The van der Waals surface area contributed by atoms with Crippen LogP contribution in [0.5, 0.6) is 5.75 Å². The monoisotopic (exact) mass is 745 g/mol. The van der Waals surface area contributed by atoms with E-state index in [0.29, 0.717) is 26.2 Å². The van der Waals surface area contributed by atoms with Crippen LogP contribution in [-0.2, 0) is 23.1 Å². The average molecular weight is 746 g/mol. The Bertz CT molecular complexity index is 1740.